The lowest BCUT2D eigenvalue weighted by Gasteiger charge is -2.19. The number of nitrogens with one attached hydrogen (secondary N) is 1. The molecule has 9 heteroatoms. The molecule has 0 radical (unpaired) electrons. The van der Waals surface area contributed by atoms with Crippen LogP contribution in [0.1, 0.15) is 18.1 Å². The first-order valence-electron chi connectivity index (χ1n) is 9.43. The first-order chi connectivity index (χ1) is 14.9. The summed E-state index contributed by atoms with van der Waals surface area (Å²) < 4.78 is 40.6. The number of ether oxygens (including phenoxy) is 2. The van der Waals surface area contributed by atoms with Gasteiger partial charge in [0.1, 0.15) is 11.5 Å². The van der Waals surface area contributed by atoms with Crippen molar-refractivity contribution < 1.29 is 17.9 Å². The molecule has 4 rings (SSSR count). The topological polar surface area (TPSA) is 77.0 Å². The fraction of sp³-hybridized carbons (Fsp3) is 0.136. The Morgan fingerprint density at radius 1 is 0.935 bits per heavy atom. The highest BCUT2D eigenvalue weighted by atomic mass is 35.5. The van der Waals surface area contributed by atoms with E-state index in [1.807, 2.05) is 6.92 Å². The monoisotopic (exact) mass is 476 g/mol. The maximum absolute atomic E-state index is 12.5. The Hall–Kier alpha value is -2.74. The van der Waals surface area contributed by atoms with Crippen LogP contribution in [0.4, 0.5) is 5.69 Å². The van der Waals surface area contributed by atoms with Crippen LogP contribution in [0.2, 0.25) is 10.0 Å². The summed E-state index contributed by atoms with van der Waals surface area (Å²) in [6.45, 7) is 2.39. The third-order valence-corrected chi connectivity index (χ3v) is 6.62. The van der Waals surface area contributed by atoms with E-state index in [1.54, 1.807) is 54.6 Å². The fourth-order valence-electron chi connectivity index (χ4n) is 3.10. The van der Waals surface area contributed by atoms with Crippen molar-refractivity contribution in [3.05, 3.63) is 81.8 Å². The molecule has 0 spiro atoms. The van der Waals surface area contributed by atoms with Crippen molar-refractivity contribution in [3.8, 4) is 11.5 Å². The third kappa shape index (κ3) is 4.49. The maximum Gasteiger partial charge on any atom is 0.286 e. The normalized spacial score (nSPS) is 14.2. The van der Waals surface area contributed by atoms with Gasteiger partial charge in [-0.2, -0.15) is 8.42 Å². The van der Waals surface area contributed by atoms with Crippen LogP contribution < -0.4 is 14.8 Å². The van der Waals surface area contributed by atoms with Gasteiger partial charge in [-0.15, -0.1) is 4.40 Å². The van der Waals surface area contributed by atoms with E-state index in [2.05, 4.69) is 9.71 Å². The Morgan fingerprint density at radius 2 is 1.68 bits per heavy atom. The number of fused-ring (bicyclic) bond motifs is 1. The predicted octanol–water partition coefficient (Wildman–Crippen LogP) is 5.53. The second-order valence-electron chi connectivity index (χ2n) is 6.62. The fourth-order valence-corrected chi connectivity index (χ4v) is 4.75. The van der Waals surface area contributed by atoms with E-state index >= 15 is 0 Å². The van der Waals surface area contributed by atoms with Crippen molar-refractivity contribution >= 4 is 44.7 Å². The minimum absolute atomic E-state index is 0.139. The Balaban J connectivity index is 1.64. The van der Waals surface area contributed by atoms with Gasteiger partial charge in [-0.3, -0.25) is 0 Å². The second kappa shape index (κ2) is 8.78. The number of para-hydroxylation sites is 1. The Morgan fingerprint density at radius 3 is 2.42 bits per heavy atom. The van der Waals surface area contributed by atoms with Gasteiger partial charge in [-0.25, -0.2) is 0 Å². The minimum atomic E-state index is -3.81. The van der Waals surface area contributed by atoms with E-state index in [9.17, 15) is 8.42 Å². The van der Waals surface area contributed by atoms with Gasteiger partial charge in [0.15, 0.2) is 17.3 Å². The lowest BCUT2D eigenvalue weighted by molar-refractivity contribution is 0.269. The van der Waals surface area contributed by atoms with E-state index < -0.39 is 10.0 Å². The van der Waals surface area contributed by atoms with E-state index in [4.69, 9.17) is 32.7 Å². The first kappa shape index (κ1) is 21.5. The summed E-state index contributed by atoms with van der Waals surface area (Å²) >= 11 is 12.4. The summed E-state index contributed by atoms with van der Waals surface area (Å²) in [5, 5.41) is 4.08. The summed E-state index contributed by atoms with van der Waals surface area (Å²) in [4.78, 5) is 0.139. The van der Waals surface area contributed by atoms with Crippen LogP contribution in [0.5, 0.6) is 11.5 Å². The molecule has 0 fully saturated rings. The number of amidine groups is 1. The highest BCUT2D eigenvalue weighted by Gasteiger charge is 2.25. The molecule has 160 valence electrons. The van der Waals surface area contributed by atoms with Gasteiger partial charge in [-0.1, -0.05) is 41.4 Å². The van der Waals surface area contributed by atoms with Gasteiger partial charge in [0.25, 0.3) is 10.0 Å². The molecule has 0 amide bonds. The molecule has 0 aliphatic carbocycles. The lowest BCUT2D eigenvalue weighted by Crippen LogP contribution is -2.22. The largest absolute Gasteiger partial charge is 0.490 e. The summed E-state index contributed by atoms with van der Waals surface area (Å²) in [6, 6.07) is 16.9. The Kier molecular flexibility index (Phi) is 6.09. The zero-order valence-corrected chi connectivity index (χ0v) is 18.8. The molecule has 1 aliphatic rings. The van der Waals surface area contributed by atoms with Crippen LogP contribution in [0.15, 0.2) is 70.0 Å². The summed E-state index contributed by atoms with van der Waals surface area (Å²) in [6.07, 6.45) is 0. The molecule has 1 heterocycles. The number of anilines is 1. The molecule has 0 unspecified atom stereocenters. The molecule has 3 aromatic rings. The van der Waals surface area contributed by atoms with Crippen molar-refractivity contribution in [2.45, 2.75) is 18.4 Å². The van der Waals surface area contributed by atoms with Gasteiger partial charge in [0.2, 0.25) is 0 Å². The van der Waals surface area contributed by atoms with Crippen LogP contribution in [-0.4, -0.2) is 20.9 Å². The number of benzene rings is 3. The number of rotatable bonds is 6. The summed E-state index contributed by atoms with van der Waals surface area (Å²) in [5.41, 5.74) is 1.68. The smallest absolute Gasteiger partial charge is 0.286 e. The Bertz CT molecular complexity index is 1260. The molecule has 31 heavy (non-hydrogen) atoms. The van der Waals surface area contributed by atoms with Crippen molar-refractivity contribution in [3.63, 3.8) is 0 Å². The SMILES string of the molecule is CCOc1cc(C2=NS(=O)(=O)c3ccccc3N2)ccc1OCc1c(Cl)cccc1Cl. The van der Waals surface area contributed by atoms with Gasteiger partial charge in [0, 0.05) is 21.2 Å². The van der Waals surface area contributed by atoms with E-state index in [0.29, 0.717) is 45.0 Å². The molecule has 0 bridgehead atoms. The summed E-state index contributed by atoms with van der Waals surface area (Å²) in [5.74, 6) is 1.13. The molecular weight excluding hydrogens is 459 g/mol. The number of sulfonamides is 1. The van der Waals surface area contributed by atoms with Crippen molar-refractivity contribution in [2.75, 3.05) is 11.9 Å². The highest BCUT2D eigenvalue weighted by Crippen LogP contribution is 2.34. The number of halogens is 2. The molecule has 3 aromatic carbocycles. The molecule has 0 saturated carbocycles. The van der Waals surface area contributed by atoms with Crippen LogP contribution in [-0.2, 0) is 16.6 Å². The standard InChI is InChI=1S/C22H18Cl2N2O4S/c1-2-29-20-12-14(22-25-18-8-3-4-9-21(18)31(27,28)26-22)10-11-19(20)30-13-15-16(23)6-5-7-17(15)24/h3-12H,2,13H2,1H3,(H,25,26). The molecule has 0 aromatic heterocycles. The predicted molar refractivity (Wildman–Crippen MR) is 122 cm³/mol. The first-order valence-corrected chi connectivity index (χ1v) is 11.6. The third-order valence-electron chi connectivity index (χ3n) is 4.58. The average Bonchev–Trinajstić information content (AvgIpc) is 2.74. The zero-order chi connectivity index (χ0) is 22.0. The quantitative estimate of drug-likeness (QED) is 0.505. The van der Waals surface area contributed by atoms with Crippen LogP contribution in [0.3, 0.4) is 0 Å². The molecule has 0 atom stereocenters. The molecule has 6 nitrogen and oxygen atoms in total. The minimum Gasteiger partial charge on any atom is -0.490 e. The van der Waals surface area contributed by atoms with E-state index in [1.165, 1.54) is 6.07 Å². The lowest BCUT2D eigenvalue weighted by atomic mass is 10.1. The second-order valence-corrected chi connectivity index (χ2v) is 9.01. The van der Waals surface area contributed by atoms with E-state index in [-0.39, 0.29) is 17.3 Å². The van der Waals surface area contributed by atoms with E-state index in [0.717, 1.165) is 0 Å². The Labute approximate surface area is 190 Å². The van der Waals surface area contributed by atoms with Gasteiger partial charge in [0.05, 0.1) is 12.3 Å². The highest BCUT2D eigenvalue weighted by molar-refractivity contribution is 7.90. The molecular formula is C22H18Cl2N2O4S. The van der Waals surface area contributed by atoms with Gasteiger partial charge in [-0.05, 0) is 49.4 Å². The number of hydrogen-bond acceptors (Lipinski definition) is 5. The molecule has 1 aliphatic heterocycles. The van der Waals surface area contributed by atoms with Crippen molar-refractivity contribution in [1.82, 2.24) is 0 Å². The number of nitrogens with zero attached hydrogens (tertiary/aromatic N) is 1. The van der Waals surface area contributed by atoms with Gasteiger partial charge < -0.3 is 14.8 Å². The van der Waals surface area contributed by atoms with Crippen LogP contribution in [0.25, 0.3) is 0 Å². The summed E-state index contributed by atoms with van der Waals surface area (Å²) in [7, 11) is -3.81. The van der Waals surface area contributed by atoms with Crippen molar-refractivity contribution in [2.24, 2.45) is 4.40 Å². The number of hydrogen-bond donors (Lipinski definition) is 1. The van der Waals surface area contributed by atoms with Crippen molar-refractivity contribution in [1.29, 1.82) is 0 Å². The van der Waals surface area contributed by atoms with Crippen LogP contribution >= 0.6 is 23.2 Å². The molecule has 0 saturated heterocycles. The maximum atomic E-state index is 12.5. The zero-order valence-electron chi connectivity index (χ0n) is 16.4. The molecule has 1 N–H and O–H groups in total. The van der Waals surface area contributed by atoms with Gasteiger partial charge >= 0.3 is 0 Å². The average molecular weight is 477 g/mol. The van der Waals surface area contributed by atoms with Crippen LogP contribution in [0, 0.1) is 0 Å².